The molecule has 12 heterocycles. The first kappa shape index (κ1) is 88.0. The van der Waals surface area contributed by atoms with Crippen LogP contribution in [0, 0.1) is 0 Å². The minimum absolute atomic E-state index is 0. The number of aliphatic imine (C=N–C) groups is 1. The molecule has 0 atom stereocenters. The van der Waals surface area contributed by atoms with E-state index in [2.05, 4.69) is 86.0 Å². The third-order valence-electron chi connectivity index (χ3n) is 23.0. The van der Waals surface area contributed by atoms with E-state index in [9.17, 15) is 57.5 Å². The minimum Gasteiger partial charge on any atom is -0.385 e. The number of hydrogen-bond acceptors (Lipinski definition) is 25. The van der Waals surface area contributed by atoms with Crippen LogP contribution in [0.2, 0.25) is 0 Å². The van der Waals surface area contributed by atoms with Gasteiger partial charge >= 0.3 is 34.1 Å². The van der Waals surface area contributed by atoms with Crippen molar-refractivity contribution < 1.29 is 10.9 Å². The highest BCUT2D eigenvalue weighted by Crippen LogP contribution is 2.26. The molecule has 0 amide bonds. The van der Waals surface area contributed by atoms with Gasteiger partial charge in [0.1, 0.15) is 5.84 Å². The van der Waals surface area contributed by atoms with Gasteiger partial charge in [0, 0.05) is 170 Å². The average Bonchev–Trinajstić information content (AvgIpc) is 0.968. The molecule has 6 aromatic heterocycles. The smallest absolute Gasteiger partial charge is 0.328 e. The second kappa shape index (κ2) is 40.7. The predicted molar refractivity (Wildman–Crippen MR) is 486 cm³/mol. The van der Waals surface area contributed by atoms with Gasteiger partial charge in [0.25, 0.3) is 33.4 Å². The molecule has 11 N–H and O–H groups in total. The number of rotatable bonds is 18. The summed E-state index contributed by atoms with van der Waals surface area (Å²) in [4.78, 5) is 174. The van der Waals surface area contributed by atoms with Gasteiger partial charge in [-0.3, -0.25) is 71.0 Å². The molecular formula is C86H111N23O14. The van der Waals surface area contributed by atoms with E-state index in [4.69, 9.17) is 9.47 Å². The lowest BCUT2D eigenvalue weighted by molar-refractivity contribution is 0.0378. The number of H-pyrrole nitrogens is 6. The maximum Gasteiger partial charge on any atom is 0.328 e. The molecule has 654 valence electrons. The van der Waals surface area contributed by atoms with Crippen molar-refractivity contribution in [2.45, 2.75) is 44.9 Å². The number of aromatic nitrogens is 12. The highest BCUT2D eigenvalue weighted by molar-refractivity contribution is 6.02. The van der Waals surface area contributed by atoms with Crippen LogP contribution in [0.1, 0.15) is 51.1 Å². The predicted octanol–water partition coefficient (Wildman–Crippen LogP) is 2.55. The number of morpholine rings is 2. The topological polar surface area (TPSA) is 436 Å². The van der Waals surface area contributed by atoms with Crippen molar-refractivity contribution >= 4 is 99.7 Å². The summed E-state index contributed by atoms with van der Waals surface area (Å²) < 4.78 is 17.1. The zero-order chi connectivity index (χ0) is 87.0. The van der Waals surface area contributed by atoms with Crippen LogP contribution in [0.5, 0.6) is 0 Å². The summed E-state index contributed by atoms with van der Waals surface area (Å²) in [6.45, 7) is 21.8. The van der Waals surface area contributed by atoms with Gasteiger partial charge in [-0.1, -0.05) is 12.5 Å². The first-order valence-electron chi connectivity index (χ1n) is 41.8. The van der Waals surface area contributed by atoms with E-state index in [1.54, 1.807) is 42.5 Å². The molecule has 4 fully saturated rings. The van der Waals surface area contributed by atoms with E-state index in [1.807, 2.05) is 67.7 Å². The van der Waals surface area contributed by atoms with Crippen molar-refractivity contribution in [1.82, 2.24) is 81.8 Å². The van der Waals surface area contributed by atoms with Crippen molar-refractivity contribution in [3.63, 3.8) is 0 Å². The van der Waals surface area contributed by atoms with E-state index in [-0.39, 0.29) is 51.9 Å². The summed E-state index contributed by atoms with van der Waals surface area (Å²) in [6, 6.07) is 30.9. The van der Waals surface area contributed by atoms with Crippen molar-refractivity contribution in [2.75, 3.05) is 184 Å². The van der Waals surface area contributed by atoms with Crippen LogP contribution in [0.15, 0.2) is 166 Å². The maximum atomic E-state index is 12.0. The van der Waals surface area contributed by atoms with Crippen molar-refractivity contribution in [3.8, 4) is 0 Å². The normalized spacial score (nSPS) is 15.5. The van der Waals surface area contributed by atoms with Crippen LogP contribution in [-0.4, -0.2) is 245 Å². The van der Waals surface area contributed by atoms with Crippen molar-refractivity contribution in [1.29, 1.82) is 0 Å². The third kappa shape index (κ3) is 21.7. The number of amidine groups is 1. The van der Waals surface area contributed by atoms with E-state index in [1.165, 1.54) is 101 Å². The van der Waals surface area contributed by atoms with Crippen LogP contribution in [-0.2, 0) is 58.2 Å². The quantitative estimate of drug-likeness (QED) is 0.0550. The fourth-order valence-electron chi connectivity index (χ4n) is 15.5. The third-order valence-corrected chi connectivity index (χ3v) is 23.0. The molecule has 0 aliphatic carbocycles. The van der Waals surface area contributed by atoms with Crippen LogP contribution >= 0.6 is 0 Å². The first-order chi connectivity index (χ1) is 59.3. The summed E-state index contributed by atoms with van der Waals surface area (Å²) in [7, 11) is 10.8. The van der Waals surface area contributed by atoms with Crippen molar-refractivity contribution in [3.05, 3.63) is 239 Å². The molecular weight excluding hydrogens is 1580 g/mol. The lowest BCUT2D eigenvalue weighted by Gasteiger charge is -2.26. The molecule has 12 aromatic rings. The number of likely N-dealkylation sites (N-methyl/N-ethyl adjacent to an activating group) is 1. The number of aromatic amines is 6. The summed E-state index contributed by atoms with van der Waals surface area (Å²) in [5.41, 5.74) is 6.17. The fourth-order valence-corrected chi connectivity index (χ4v) is 15.5. The highest BCUT2D eigenvalue weighted by Gasteiger charge is 2.20. The van der Waals surface area contributed by atoms with Crippen LogP contribution in [0.25, 0.3) is 65.4 Å². The molecule has 6 aromatic carbocycles. The number of hydrogen-bond donors (Lipinski definition) is 11. The maximum absolute atomic E-state index is 12.0. The Bertz CT molecular complexity index is 6520. The van der Waals surface area contributed by atoms with E-state index < -0.39 is 17.1 Å². The van der Waals surface area contributed by atoms with E-state index in [0.717, 1.165) is 210 Å². The molecule has 6 aliphatic rings. The summed E-state index contributed by atoms with van der Waals surface area (Å²) in [6.07, 6.45) is 8.47. The van der Waals surface area contributed by atoms with Crippen LogP contribution < -0.4 is 94.1 Å². The largest absolute Gasteiger partial charge is 0.385 e. The van der Waals surface area contributed by atoms with Crippen LogP contribution in [0.3, 0.4) is 0 Å². The second-order valence-corrected chi connectivity index (χ2v) is 31.3. The van der Waals surface area contributed by atoms with Gasteiger partial charge in [-0.2, -0.15) is 0 Å². The molecule has 0 unspecified atom stereocenters. The second-order valence-electron chi connectivity index (χ2n) is 31.3. The Morgan fingerprint density at radius 1 is 0.341 bits per heavy atom. The van der Waals surface area contributed by atoms with Gasteiger partial charge in [0.2, 0.25) is 0 Å². The molecule has 18 rings (SSSR count). The number of anilines is 5. The number of piperidine rings is 1. The average molecular weight is 1690 g/mol. The molecule has 0 radical (unpaired) electrons. The van der Waals surface area contributed by atoms with Gasteiger partial charge in [0.05, 0.1) is 98.4 Å². The summed E-state index contributed by atoms with van der Waals surface area (Å²) in [5.74, 6) is 0.892. The van der Waals surface area contributed by atoms with Gasteiger partial charge in [0.15, 0.2) is 0 Å². The van der Waals surface area contributed by atoms with Gasteiger partial charge < -0.3 is 80.7 Å². The zero-order valence-electron chi connectivity index (χ0n) is 70.6. The number of likely N-dealkylation sites (tertiary alicyclic amines) is 2. The Morgan fingerprint density at radius 2 is 0.659 bits per heavy atom. The van der Waals surface area contributed by atoms with Gasteiger partial charge in [-0.25, -0.2) is 28.8 Å². The molecule has 37 heteroatoms. The number of nitrogens with one attached hydrogen (secondary N) is 11. The first-order valence-corrected chi connectivity index (χ1v) is 41.8. The summed E-state index contributed by atoms with van der Waals surface area (Å²) >= 11 is 0. The van der Waals surface area contributed by atoms with Gasteiger partial charge in [-0.15, -0.1) is 0 Å². The van der Waals surface area contributed by atoms with Gasteiger partial charge in [-0.05, 0) is 174 Å². The molecule has 0 spiro atoms. The molecule has 0 saturated carbocycles. The number of fused-ring (bicyclic) bond motifs is 7. The lowest BCUT2D eigenvalue weighted by atomic mass is 10.1. The van der Waals surface area contributed by atoms with Crippen molar-refractivity contribution in [2.24, 2.45) is 47.3 Å². The molecule has 0 bridgehead atoms. The number of benzene rings is 6. The van der Waals surface area contributed by atoms with E-state index in [0.29, 0.717) is 65.4 Å². The molecule has 6 aliphatic heterocycles. The Morgan fingerprint density at radius 3 is 1.02 bits per heavy atom. The Hall–Kier alpha value is -12.8. The molecule has 123 heavy (non-hydrogen) atoms. The SMILES string of the molecule is CN1CCN=C1c1ccc2c(=O)n(C)c(=O)[nH]c2c1.Cn1c(=O)[nH]c2cc(NCCCN3CCOCC3)ccc2c1=O.Cn1c(=O)[nH]c2cc(NCCN3CCCC3)ccc2c1=O.Cn1c(=O)[nH]c2cc(NCCN3CCCCC3)ccc2c1=O.Cn1c(=O)[nH]c2cc(NCCN3CCOCC3)ccc2c1=O.Cn1c(=O)[nH]c2cc3c(cc2c1=O)CCN3.[HH]. The molecule has 4 saturated heterocycles. The minimum atomic E-state index is -0.406. The summed E-state index contributed by atoms with van der Waals surface area (Å²) in [5, 5.41) is 19.8. The Kier molecular flexibility index (Phi) is 29.1. The standard InChI is InChI=1S/C16H22N4O3.C16H22N4O2.C15H20N4O3.C15H20N4O2.C13H14N4O2.C11H11N3O2.H2/c1-19-15(21)13-4-3-12(11-14(13)18-16(19)22)17-5-2-6-20-7-9-23-10-8-20;1-19-15(21)13-6-5-12(11-14(13)18-16(19)22)17-7-10-20-8-3-2-4-9-20;1-18-14(20)12-3-2-11(10-13(12)17-15(18)21)16-4-5-19-6-8-22-9-7-19;1-18-14(20)12-5-4-11(10-13(12)17-15(18)21)16-6-9-19-7-2-3-8-19;1-16-6-5-14-11(16)8-3-4-9-10(7-8)15-13(19)17(2)12(9)18;1-14-10(15)7-4-6-2-3-12-8(6)5-9(7)13-11(14)16;/h3-4,11,17H,2,5-10H2,1H3,(H,18,22);5-6,11,17H,2-4,7-10H2,1H3,(H,18,22);2-3,10,16H,4-9H2,1H3,(H,17,21);4-5,10,16H,2-3,6-9H2,1H3,(H,17,21);3-4,7H,5-6H2,1-2H3,(H,15,19);4-5,12H,2-3H2,1H3,(H,13,16);1H. The Labute approximate surface area is 705 Å². The molecule has 37 nitrogen and oxygen atoms in total. The zero-order valence-corrected chi connectivity index (χ0v) is 70.6. The van der Waals surface area contributed by atoms with Crippen LogP contribution in [0.4, 0.5) is 28.4 Å². The number of nitrogens with zero attached hydrogens (tertiary/aromatic N) is 12. The number of ether oxygens (including phenoxy) is 2. The lowest BCUT2D eigenvalue weighted by Crippen LogP contribution is -2.39. The fraction of sp³-hybridized carbons (Fsp3) is 0.430. The highest BCUT2D eigenvalue weighted by atomic mass is 16.5. The van der Waals surface area contributed by atoms with E-state index >= 15 is 0 Å². The monoisotopic (exact) mass is 1690 g/mol. The Balaban J connectivity index is 0.000000136.